The summed E-state index contributed by atoms with van der Waals surface area (Å²) >= 11 is 0. The van der Waals surface area contributed by atoms with E-state index < -0.39 is 0 Å². The van der Waals surface area contributed by atoms with Crippen molar-refractivity contribution in [2.24, 2.45) is 12.5 Å². The van der Waals surface area contributed by atoms with E-state index >= 15 is 0 Å². The van der Waals surface area contributed by atoms with Crippen molar-refractivity contribution in [3.05, 3.63) is 18.0 Å². The van der Waals surface area contributed by atoms with Gasteiger partial charge in [-0.2, -0.15) is 5.10 Å². The van der Waals surface area contributed by atoms with Gasteiger partial charge in [-0.1, -0.05) is 0 Å². The van der Waals surface area contributed by atoms with E-state index in [2.05, 4.69) is 30.0 Å². The zero-order valence-corrected chi connectivity index (χ0v) is 12.4. The highest BCUT2D eigenvalue weighted by Crippen LogP contribution is 2.46. The summed E-state index contributed by atoms with van der Waals surface area (Å²) in [5.74, 6) is 0. The Morgan fingerprint density at radius 1 is 1.32 bits per heavy atom. The molecule has 0 N–H and O–H groups in total. The first kappa shape index (κ1) is 13.1. The lowest BCUT2D eigenvalue weighted by atomic mass is 9.74. The van der Waals surface area contributed by atoms with Crippen LogP contribution in [0.1, 0.15) is 38.7 Å². The van der Waals surface area contributed by atoms with Gasteiger partial charge in [0.25, 0.3) is 0 Å². The molecule has 4 nitrogen and oxygen atoms in total. The molecule has 0 aliphatic carbocycles. The fourth-order valence-corrected chi connectivity index (χ4v) is 3.67. The van der Waals surface area contributed by atoms with Crippen LogP contribution in [0.15, 0.2) is 12.4 Å². The van der Waals surface area contributed by atoms with Crippen LogP contribution in [-0.2, 0) is 18.3 Å². The number of hydrogen-bond donors (Lipinski definition) is 0. The Kier molecular flexibility index (Phi) is 3.18. The molecule has 0 atom stereocenters. The molecule has 2 aliphatic rings. The van der Waals surface area contributed by atoms with E-state index in [9.17, 15) is 0 Å². The molecule has 1 aromatic heterocycles. The van der Waals surface area contributed by atoms with Crippen molar-refractivity contribution < 1.29 is 4.74 Å². The van der Waals surface area contributed by atoms with E-state index in [1.54, 1.807) is 0 Å². The molecule has 3 rings (SSSR count). The Labute approximate surface area is 115 Å². The van der Waals surface area contributed by atoms with Crippen molar-refractivity contribution >= 4 is 0 Å². The molecule has 4 heteroatoms. The first-order valence-electron chi connectivity index (χ1n) is 7.30. The Hall–Kier alpha value is -0.870. The summed E-state index contributed by atoms with van der Waals surface area (Å²) in [7, 11) is 1.98. The normalized spacial score (nSPS) is 26.1. The highest BCUT2D eigenvalue weighted by atomic mass is 16.5. The minimum atomic E-state index is 0.0888. The second-order valence-electron chi connectivity index (χ2n) is 7.02. The van der Waals surface area contributed by atoms with Crippen LogP contribution in [0.25, 0.3) is 0 Å². The molecule has 2 saturated heterocycles. The van der Waals surface area contributed by atoms with Gasteiger partial charge < -0.3 is 4.74 Å². The van der Waals surface area contributed by atoms with Gasteiger partial charge in [0.15, 0.2) is 0 Å². The third kappa shape index (κ3) is 2.84. The highest BCUT2D eigenvalue weighted by Gasteiger charge is 2.45. The van der Waals surface area contributed by atoms with Crippen LogP contribution < -0.4 is 0 Å². The lowest BCUT2D eigenvalue weighted by molar-refractivity contribution is 0.0243. The zero-order valence-electron chi connectivity index (χ0n) is 12.4. The zero-order chi connectivity index (χ0) is 13.5. The molecule has 106 valence electrons. The van der Waals surface area contributed by atoms with Crippen molar-refractivity contribution in [3.63, 3.8) is 0 Å². The fraction of sp³-hybridized carbons (Fsp3) is 0.800. The van der Waals surface area contributed by atoms with Crippen molar-refractivity contribution in [1.82, 2.24) is 14.7 Å². The Morgan fingerprint density at radius 2 is 2.05 bits per heavy atom. The second kappa shape index (κ2) is 4.60. The van der Waals surface area contributed by atoms with Crippen LogP contribution in [-0.4, -0.2) is 40.0 Å². The summed E-state index contributed by atoms with van der Waals surface area (Å²) in [4.78, 5) is 2.55. The topological polar surface area (TPSA) is 30.3 Å². The average molecular weight is 263 g/mol. The number of aryl methyl sites for hydroxylation is 1. The first-order chi connectivity index (χ1) is 8.96. The van der Waals surface area contributed by atoms with Crippen LogP contribution >= 0.6 is 0 Å². The highest BCUT2D eigenvalue weighted by molar-refractivity contribution is 5.04. The molecular formula is C15H25N3O. The Balaban J connectivity index is 1.55. The maximum Gasteiger partial charge on any atom is 0.0633 e. The van der Waals surface area contributed by atoms with Gasteiger partial charge in [-0.15, -0.1) is 0 Å². The lowest BCUT2D eigenvalue weighted by Crippen LogP contribution is -2.40. The van der Waals surface area contributed by atoms with Gasteiger partial charge in [0.2, 0.25) is 0 Å². The largest absolute Gasteiger partial charge is 0.375 e. The molecular weight excluding hydrogens is 238 g/mol. The van der Waals surface area contributed by atoms with Gasteiger partial charge in [-0.3, -0.25) is 9.58 Å². The summed E-state index contributed by atoms with van der Waals surface area (Å²) in [5, 5.41) is 4.24. The van der Waals surface area contributed by atoms with Crippen molar-refractivity contribution in [2.75, 3.05) is 19.7 Å². The molecule has 1 spiro atoms. The average Bonchev–Trinajstić information content (AvgIpc) is 2.87. The summed E-state index contributed by atoms with van der Waals surface area (Å²) < 4.78 is 7.84. The van der Waals surface area contributed by atoms with Crippen molar-refractivity contribution in [1.29, 1.82) is 0 Å². The van der Waals surface area contributed by atoms with Crippen LogP contribution in [0.5, 0.6) is 0 Å². The number of likely N-dealkylation sites (tertiary alicyclic amines) is 1. The summed E-state index contributed by atoms with van der Waals surface area (Å²) in [5.41, 5.74) is 1.86. The van der Waals surface area contributed by atoms with Gasteiger partial charge in [0.05, 0.1) is 18.4 Å². The molecule has 0 unspecified atom stereocenters. The van der Waals surface area contributed by atoms with Crippen LogP contribution in [0.4, 0.5) is 0 Å². The second-order valence-corrected chi connectivity index (χ2v) is 7.02. The quantitative estimate of drug-likeness (QED) is 0.819. The van der Waals surface area contributed by atoms with Gasteiger partial charge in [0.1, 0.15) is 0 Å². The molecule has 0 radical (unpaired) electrons. The standard InChI is InChI=1S/C15H25N3O/c1-14(2)11-15(12-19-14)4-6-18(7-5-15)10-13-8-16-17(3)9-13/h8-9H,4-7,10-12H2,1-3H3. The van der Waals surface area contributed by atoms with Crippen LogP contribution in [0, 0.1) is 5.41 Å². The van der Waals surface area contributed by atoms with E-state index in [1.165, 1.54) is 37.9 Å². The number of rotatable bonds is 2. The molecule has 0 saturated carbocycles. The third-order valence-electron chi connectivity index (χ3n) is 4.65. The summed E-state index contributed by atoms with van der Waals surface area (Å²) in [6.07, 6.45) is 7.87. The maximum atomic E-state index is 5.96. The first-order valence-corrected chi connectivity index (χ1v) is 7.30. The molecule has 3 heterocycles. The minimum absolute atomic E-state index is 0.0888. The fourth-order valence-electron chi connectivity index (χ4n) is 3.67. The summed E-state index contributed by atoms with van der Waals surface area (Å²) in [6, 6.07) is 0. The van der Waals surface area contributed by atoms with Crippen molar-refractivity contribution in [3.8, 4) is 0 Å². The Morgan fingerprint density at radius 3 is 2.58 bits per heavy atom. The van der Waals surface area contributed by atoms with E-state index in [0.717, 1.165) is 13.2 Å². The molecule has 0 aromatic carbocycles. The van der Waals surface area contributed by atoms with Gasteiger partial charge in [0, 0.05) is 25.4 Å². The maximum absolute atomic E-state index is 5.96. The van der Waals surface area contributed by atoms with Gasteiger partial charge in [-0.05, 0) is 51.6 Å². The number of piperidine rings is 1. The number of ether oxygens (including phenoxy) is 1. The predicted molar refractivity (Wildman–Crippen MR) is 74.8 cm³/mol. The minimum Gasteiger partial charge on any atom is -0.375 e. The molecule has 0 bridgehead atoms. The molecule has 0 amide bonds. The van der Waals surface area contributed by atoms with E-state index in [1.807, 2.05) is 17.9 Å². The number of hydrogen-bond acceptors (Lipinski definition) is 3. The molecule has 2 aliphatic heterocycles. The Bertz CT molecular complexity index is 444. The van der Waals surface area contributed by atoms with Gasteiger partial charge in [-0.25, -0.2) is 0 Å². The molecule has 1 aromatic rings. The summed E-state index contributed by atoms with van der Waals surface area (Å²) in [6.45, 7) is 8.82. The van der Waals surface area contributed by atoms with E-state index in [0.29, 0.717) is 5.41 Å². The van der Waals surface area contributed by atoms with Gasteiger partial charge >= 0.3 is 0 Å². The lowest BCUT2D eigenvalue weighted by Gasteiger charge is -2.38. The third-order valence-corrected chi connectivity index (χ3v) is 4.65. The molecule has 2 fully saturated rings. The van der Waals surface area contributed by atoms with Crippen molar-refractivity contribution in [2.45, 2.75) is 45.3 Å². The smallest absolute Gasteiger partial charge is 0.0633 e. The van der Waals surface area contributed by atoms with Crippen LogP contribution in [0.2, 0.25) is 0 Å². The number of nitrogens with zero attached hydrogens (tertiary/aromatic N) is 3. The van der Waals surface area contributed by atoms with E-state index in [-0.39, 0.29) is 5.60 Å². The monoisotopic (exact) mass is 263 g/mol. The number of aromatic nitrogens is 2. The molecule has 19 heavy (non-hydrogen) atoms. The SMILES string of the molecule is Cn1cc(CN2CCC3(CC2)COC(C)(C)C3)cn1. The van der Waals surface area contributed by atoms with Crippen LogP contribution in [0.3, 0.4) is 0 Å². The van der Waals surface area contributed by atoms with E-state index in [4.69, 9.17) is 4.74 Å². The predicted octanol–water partition coefficient (Wildman–Crippen LogP) is 2.20.